The van der Waals surface area contributed by atoms with E-state index < -0.39 is 0 Å². The predicted octanol–water partition coefficient (Wildman–Crippen LogP) is 6.30. The van der Waals surface area contributed by atoms with Gasteiger partial charge in [-0.05, 0) is 49.7 Å². The summed E-state index contributed by atoms with van der Waals surface area (Å²) in [6.45, 7) is 12.3. The van der Waals surface area contributed by atoms with Crippen LogP contribution in [0.5, 0.6) is 0 Å². The molecule has 112 valence electrons. The third kappa shape index (κ3) is 3.98. The zero-order chi connectivity index (χ0) is 15.8. The molecule has 0 saturated heterocycles. The van der Waals surface area contributed by atoms with Gasteiger partial charge in [0, 0.05) is 17.3 Å². The van der Waals surface area contributed by atoms with Gasteiger partial charge in [-0.25, -0.2) is 0 Å². The minimum atomic E-state index is 1.23. The average molecular weight is 281 g/mol. The molecule has 3 rings (SSSR count). The van der Waals surface area contributed by atoms with Crippen molar-refractivity contribution in [2.24, 2.45) is 0 Å². The Kier molecular flexibility index (Phi) is 6.74. The number of hydrogen-bond donors (Lipinski definition) is 0. The van der Waals surface area contributed by atoms with Gasteiger partial charge in [-0.1, -0.05) is 51.5 Å². The van der Waals surface area contributed by atoms with Crippen LogP contribution in [-0.4, -0.2) is 4.57 Å². The van der Waals surface area contributed by atoms with Crippen LogP contribution in [0.25, 0.3) is 16.6 Å². The normalized spacial score (nSPS) is 9.43. The van der Waals surface area contributed by atoms with Crippen LogP contribution in [0.2, 0.25) is 0 Å². The van der Waals surface area contributed by atoms with Crippen molar-refractivity contribution in [3.63, 3.8) is 0 Å². The lowest BCUT2D eigenvalue weighted by atomic mass is 10.2. The number of aromatic nitrogens is 1. The molecule has 2 aromatic carbocycles. The van der Waals surface area contributed by atoms with E-state index in [2.05, 4.69) is 73.1 Å². The maximum atomic E-state index is 2.24. The Morgan fingerprint density at radius 3 is 2.05 bits per heavy atom. The summed E-state index contributed by atoms with van der Waals surface area (Å²) in [6.07, 6.45) is 2.14. The monoisotopic (exact) mass is 281 g/mol. The molecule has 1 aromatic heterocycles. The standard InChI is InChI=1S/C16H15N.2C2H6/c1-12-4-3-5-15(11-12)17-9-8-14-10-13(2)6-7-16(14)17;2*1-2/h3-11H,1-2H3;2*1-2H3. The van der Waals surface area contributed by atoms with Crippen molar-refractivity contribution in [1.82, 2.24) is 4.57 Å². The highest BCUT2D eigenvalue weighted by Gasteiger charge is 2.02. The molecule has 0 saturated carbocycles. The van der Waals surface area contributed by atoms with E-state index in [0.717, 1.165) is 0 Å². The zero-order valence-electron chi connectivity index (χ0n) is 14.1. The van der Waals surface area contributed by atoms with Crippen molar-refractivity contribution >= 4 is 10.9 Å². The van der Waals surface area contributed by atoms with Gasteiger partial charge in [-0.2, -0.15) is 0 Å². The SMILES string of the molecule is CC.CC.Cc1cccc(-n2ccc3cc(C)ccc32)c1. The third-order valence-electron chi connectivity index (χ3n) is 3.13. The highest BCUT2D eigenvalue weighted by molar-refractivity contribution is 5.82. The molecule has 0 bridgehead atoms. The summed E-state index contributed by atoms with van der Waals surface area (Å²) >= 11 is 0. The van der Waals surface area contributed by atoms with E-state index in [1.54, 1.807) is 0 Å². The van der Waals surface area contributed by atoms with Gasteiger partial charge in [0.05, 0.1) is 5.52 Å². The van der Waals surface area contributed by atoms with Crippen LogP contribution in [0.4, 0.5) is 0 Å². The second-order valence-electron chi connectivity index (χ2n) is 4.59. The molecule has 1 heteroatoms. The van der Waals surface area contributed by atoms with Crippen molar-refractivity contribution in [3.05, 3.63) is 65.9 Å². The summed E-state index contributed by atoms with van der Waals surface area (Å²) in [7, 11) is 0. The van der Waals surface area contributed by atoms with Crippen molar-refractivity contribution in [1.29, 1.82) is 0 Å². The molecule has 21 heavy (non-hydrogen) atoms. The van der Waals surface area contributed by atoms with E-state index in [9.17, 15) is 0 Å². The van der Waals surface area contributed by atoms with Crippen LogP contribution in [-0.2, 0) is 0 Å². The van der Waals surface area contributed by atoms with E-state index in [1.165, 1.54) is 27.7 Å². The summed E-state index contributed by atoms with van der Waals surface area (Å²) in [6, 6.07) is 17.3. The van der Waals surface area contributed by atoms with Crippen LogP contribution < -0.4 is 0 Å². The number of aryl methyl sites for hydroxylation is 2. The molecule has 1 nitrogen and oxygen atoms in total. The topological polar surface area (TPSA) is 4.93 Å². The molecule has 0 unspecified atom stereocenters. The third-order valence-corrected chi connectivity index (χ3v) is 3.13. The Hall–Kier alpha value is -2.02. The highest BCUT2D eigenvalue weighted by atomic mass is 15.0. The summed E-state index contributed by atoms with van der Waals surface area (Å²) in [5, 5.41) is 1.30. The van der Waals surface area contributed by atoms with Gasteiger partial charge in [0.2, 0.25) is 0 Å². The van der Waals surface area contributed by atoms with E-state index >= 15 is 0 Å². The number of fused-ring (bicyclic) bond motifs is 1. The maximum Gasteiger partial charge on any atom is 0.0528 e. The molecule has 0 aliphatic heterocycles. The van der Waals surface area contributed by atoms with Crippen molar-refractivity contribution in [2.75, 3.05) is 0 Å². The van der Waals surface area contributed by atoms with Crippen LogP contribution in [0.15, 0.2) is 54.7 Å². The lowest BCUT2D eigenvalue weighted by Gasteiger charge is -2.06. The summed E-state index contributed by atoms with van der Waals surface area (Å²) in [5.41, 5.74) is 5.08. The minimum Gasteiger partial charge on any atom is -0.317 e. The Labute approximate surface area is 129 Å². The quantitative estimate of drug-likeness (QED) is 0.493. The molecule has 0 radical (unpaired) electrons. The van der Waals surface area contributed by atoms with Crippen molar-refractivity contribution < 1.29 is 0 Å². The number of hydrogen-bond acceptors (Lipinski definition) is 0. The van der Waals surface area contributed by atoms with E-state index in [-0.39, 0.29) is 0 Å². The second-order valence-corrected chi connectivity index (χ2v) is 4.59. The lowest BCUT2D eigenvalue weighted by molar-refractivity contribution is 1.12. The molecular formula is C20H27N. The fourth-order valence-electron chi connectivity index (χ4n) is 2.26. The lowest BCUT2D eigenvalue weighted by Crippen LogP contribution is -1.91. The molecule has 3 aromatic rings. The van der Waals surface area contributed by atoms with Crippen LogP contribution in [0, 0.1) is 13.8 Å². The Bertz CT molecular complexity index is 677. The number of nitrogens with zero attached hydrogens (tertiary/aromatic N) is 1. The van der Waals surface area contributed by atoms with Gasteiger partial charge in [-0.15, -0.1) is 0 Å². The van der Waals surface area contributed by atoms with E-state index in [0.29, 0.717) is 0 Å². The number of rotatable bonds is 1. The van der Waals surface area contributed by atoms with Gasteiger partial charge in [-0.3, -0.25) is 0 Å². The molecule has 1 heterocycles. The Morgan fingerprint density at radius 1 is 0.714 bits per heavy atom. The summed E-state index contributed by atoms with van der Waals surface area (Å²) in [5.74, 6) is 0. The van der Waals surface area contributed by atoms with Crippen molar-refractivity contribution in [2.45, 2.75) is 41.5 Å². The first-order chi connectivity index (χ1) is 10.2. The van der Waals surface area contributed by atoms with Gasteiger partial charge < -0.3 is 4.57 Å². The van der Waals surface area contributed by atoms with Gasteiger partial charge in [0.25, 0.3) is 0 Å². The molecule has 0 aliphatic carbocycles. The predicted molar refractivity (Wildman–Crippen MR) is 95.4 cm³/mol. The summed E-state index contributed by atoms with van der Waals surface area (Å²) < 4.78 is 2.24. The fourth-order valence-corrected chi connectivity index (χ4v) is 2.26. The Balaban J connectivity index is 0.000000510. The highest BCUT2D eigenvalue weighted by Crippen LogP contribution is 2.21. The molecule has 0 atom stereocenters. The van der Waals surface area contributed by atoms with Gasteiger partial charge in [0.15, 0.2) is 0 Å². The first-order valence-corrected chi connectivity index (χ1v) is 7.89. The molecule has 0 fully saturated rings. The second kappa shape index (κ2) is 8.31. The smallest absolute Gasteiger partial charge is 0.0528 e. The maximum absolute atomic E-state index is 2.24. The van der Waals surface area contributed by atoms with Crippen LogP contribution >= 0.6 is 0 Å². The first-order valence-electron chi connectivity index (χ1n) is 7.89. The first kappa shape index (κ1) is 17.0. The zero-order valence-corrected chi connectivity index (χ0v) is 14.1. The Morgan fingerprint density at radius 2 is 1.38 bits per heavy atom. The summed E-state index contributed by atoms with van der Waals surface area (Å²) in [4.78, 5) is 0. The van der Waals surface area contributed by atoms with Gasteiger partial charge >= 0.3 is 0 Å². The van der Waals surface area contributed by atoms with E-state index in [1.807, 2.05) is 27.7 Å². The minimum absolute atomic E-state index is 1.23. The molecule has 0 aliphatic rings. The molecule has 0 spiro atoms. The van der Waals surface area contributed by atoms with Crippen LogP contribution in [0.3, 0.4) is 0 Å². The molecule has 0 N–H and O–H groups in total. The van der Waals surface area contributed by atoms with Crippen LogP contribution in [0.1, 0.15) is 38.8 Å². The largest absolute Gasteiger partial charge is 0.317 e. The molecular weight excluding hydrogens is 254 g/mol. The average Bonchev–Trinajstić information content (AvgIpc) is 2.94. The fraction of sp³-hybridized carbons (Fsp3) is 0.300. The van der Waals surface area contributed by atoms with E-state index in [4.69, 9.17) is 0 Å². The number of benzene rings is 2. The van der Waals surface area contributed by atoms with Crippen molar-refractivity contribution in [3.8, 4) is 5.69 Å². The van der Waals surface area contributed by atoms with Gasteiger partial charge in [0.1, 0.15) is 0 Å². The molecule has 0 amide bonds.